The molecule has 0 aliphatic heterocycles. The molecular formula is C61H41N3. The minimum Gasteiger partial charge on any atom is -0.256 e. The van der Waals surface area contributed by atoms with Crippen LogP contribution in [0.25, 0.3) is 112 Å². The molecule has 9 aromatic carbocycles. The first-order chi connectivity index (χ1) is 31.7. The van der Waals surface area contributed by atoms with E-state index in [1.54, 1.807) is 0 Å². The molecule has 0 spiro atoms. The van der Waals surface area contributed by atoms with E-state index < -0.39 is 0 Å². The van der Waals surface area contributed by atoms with Gasteiger partial charge in [0.2, 0.25) is 0 Å². The fraction of sp³-hybridized carbons (Fsp3) is 0. The number of pyridine rings is 1. The van der Waals surface area contributed by atoms with Crippen molar-refractivity contribution in [3.63, 3.8) is 0 Å². The predicted molar refractivity (Wildman–Crippen MR) is 266 cm³/mol. The van der Waals surface area contributed by atoms with E-state index in [1.807, 2.05) is 12.3 Å². The summed E-state index contributed by atoms with van der Waals surface area (Å²) in [5, 5.41) is 2.26. The third-order valence-electron chi connectivity index (χ3n) is 11.9. The van der Waals surface area contributed by atoms with Crippen molar-refractivity contribution in [3.8, 4) is 101 Å². The monoisotopic (exact) mass is 815 g/mol. The maximum absolute atomic E-state index is 5.46. The molecule has 0 atom stereocenters. The van der Waals surface area contributed by atoms with Crippen molar-refractivity contribution in [2.24, 2.45) is 0 Å². The van der Waals surface area contributed by atoms with E-state index >= 15 is 0 Å². The second-order valence-corrected chi connectivity index (χ2v) is 16.1. The Morgan fingerprint density at radius 3 is 1.17 bits per heavy atom. The van der Waals surface area contributed by atoms with E-state index in [2.05, 4.69) is 237 Å². The Morgan fingerprint density at radius 2 is 0.609 bits per heavy atom. The van der Waals surface area contributed by atoms with Gasteiger partial charge in [-0.25, -0.2) is 9.97 Å². The molecule has 2 heterocycles. The van der Waals surface area contributed by atoms with Crippen LogP contribution >= 0.6 is 0 Å². The van der Waals surface area contributed by atoms with Gasteiger partial charge in [0.15, 0.2) is 5.82 Å². The molecule has 0 radical (unpaired) electrons. The summed E-state index contributed by atoms with van der Waals surface area (Å²) in [4.78, 5) is 15.8. The number of benzene rings is 9. The van der Waals surface area contributed by atoms with E-state index in [-0.39, 0.29) is 0 Å². The molecule has 2 aromatic heterocycles. The van der Waals surface area contributed by atoms with Gasteiger partial charge in [-0.05, 0) is 116 Å². The lowest BCUT2D eigenvalue weighted by Gasteiger charge is -2.16. The van der Waals surface area contributed by atoms with Gasteiger partial charge in [-0.2, -0.15) is 0 Å². The molecular weight excluding hydrogens is 775 g/mol. The van der Waals surface area contributed by atoms with Crippen LogP contribution in [-0.4, -0.2) is 15.0 Å². The summed E-state index contributed by atoms with van der Waals surface area (Å²) in [5.74, 6) is 0.637. The van der Waals surface area contributed by atoms with Gasteiger partial charge in [0.25, 0.3) is 0 Å². The van der Waals surface area contributed by atoms with Crippen molar-refractivity contribution in [2.75, 3.05) is 0 Å². The zero-order valence-corrected chi connectivity index (χ0v) is 35.0. The van der Waals surface area contributed by atoms with Crippen LogP contribution in [0.4, 0.5) is 0 Å². The molecule has 0 saturated heterocycles. The fourth-order valence-electron chi connectivity index (χ4n) is 8.63. The molecule has 11 aromatic rings. The van der Waals surface area contributed by atoms with Gasteiger partial charge in [-0.15, -0.1) is 0 Å². The smallest absolute Gasteiger partial charge is 0.160 e. The Hall–Kier alpha value is -8.53. The highest BCUT2D eigenvalue weighted by Gasteiger charge is 2.17. The average molecular weight is 816 g/mol. The van der Waals surface area contributed by atoms with Crippen LogP contribution < -0.4 is 0 Å². The molecule has 0 aliphatic carbocycles. The molecule has 64 heavy (non-hydrogen) atoms. The number of hydrogen-bond acceptors (Lipinski definition) is 3. The van der Waals surface area contributed by atoms with E-state index in [9.17, 15) is 0 Å². The van der Waals surface area contributed by atoms with Gasteiger partial charge in [0.1, 0.15) is 0 Å². The largest absolute Gasteiger partial charge is 0.256 e. The summed E-state index contributed by atoms with van der Waals surface area (Å²) in [6.45, 7) is 0. The highest BCUT2D eigenvalue weighted by molar-refractivity contribution is 5.90. The summed E-state index contributed by atoms with van der Waals surface area (Å²) < 4.78 is 0. The number of rotatable bonds is 9. The number of nitrogens with zero attached hydrogens (tertiary/aromatic N) is 3. The van der Waals surface area contributed by atoms with Crippen LogP contribution in [0.5, 0.6) is 0 Å². The third kappa shape index (κ3) is 7.90. The SMILES string of the molecule is c1ccc(-c2cc(-c3ccccc3)cc(-c3cc(-c4cc(-c5ccccc5)cc(-c5ccccc5-c5ccccc5)c4)nc(-c4cccc(-c5cc6ccccc6cn5)c4)n3)c2)cc1. The molecule has 300 valence electrons. The van der Waals surface area contributed by atoms with Crippen LogP contribution in [0.1, 0.15) is 0 Å². The number of fused-ring (bicyclic) bond motifs is 1. The summed E-state index contributed by atoms with van der Waals surface area (Å²) >= 11 is 0. The molecule has 0 bridgehead atoms. The van der Waals surface area contributed by atoms with E-state index in [1.165, 1.54) is 11.1 Å². The highest BCUT2D eigenvalue weighted by atomic mass is 14.9. The van der Waals surface area contributed by atoms with Crippen molar-refractivity contribution in [2.45, 2.75) is 0 Å². The minimum atomic E-state index is 0.637. The lowest BCUT2D eigenvalue weighted by molar-refractivity contribution is 1.18. The Bertz CT molecular complexity index is 3360. The first-order valence-electron chi connectivity index (χ1n) is 21.7. The quantitative estimate of drug-likeness (QED) is 0.146. The van der Waals surface area contributed by atoms with Gasteiger partial charge < -0.3 is 0 Å². The first kappa shape index (κ1) is 38.4. The topological polar surface area (TPSA) is 38.7 Å². The van der Waals surface area contributed by atoms with Crippen molar-refractivity contribution in [1.29, 1.82) is 0 Å². The zero-order valence-electron chi connectivity index (χ0n) is 35.0. The predicted octanol–water partition coefficient (Wildman–Crippen LogP) is 16.0. The van der Waals surface area contributed by atoms with Gasteiger partial charge in [0, 0.05) is 33.8 Å². The highest BCUT2D eigenvalue weighted by Crippen LogP contribution is 2.40. The van der Waals surface area contributed by atoms with Crippen LogP contribution in [0.2, 0.25) is 0 Å². The van der Waals surface area contributed by atoms with E-state index in [0.29, 0.717) is 5.82 Å². The second kappa shape index (κ2) is 17.1. The Balaban J connectivity index is 1.14. The maximum atomic E-state index is 5.46. The van der Waals surface area contributed by atoms with Crippen molar-refractivity contribution >= 4 is 10.8 Å². The Labute approximate surface area is 373 Å². The summed E-state index contributed by atoms with van der Waals surface area (Å²) in [5.41, 5.74) is 17.9. The average Bonchev–Trinajstić information content (AvgIpc) is 3.39. The number of aromatic nitrogens is 3. The molecule has 0 unspecified atom stereocenters. The summed E-state index contributed by atoms with van der Waals surface area (Å²) in [7, 11) is 0. The van der Waals surface area contributed by atoms with Crippen LogP contribution in [0, 0.1) is 0 Å². The second-order valence-electron chi connectivity index (χ2n) is 16.1. The lowest BCUT2D eigenvalue weighted by atomic mass is 9.90. The molecule has 0 amide bonds. The molecule has 11 rings (SSSR count). The Kier molecular flexibility index (Phi) is 10.3. The Morgan fingerprint density at radius 1 is 0.219 bits per heavy atom. The van der Waals surface area contributed by atoms with Gasteiger partial charge in [0.05, 0.1) is 17.1 Å². The first-order valence-corrected chi connectivity index (χ1v) is 21.7. The summed E-state index contributed by atoms with van der Waals surface area (Å²) in [6.07, 6.45) is 1.95. The van der Waals surface area contributed by atoms with Crippen LogP contribution in [0.15, 0.2) is 249 Å². The molecule has 0 saturated carbocycles. The lowest BCUT2D eigenvalue weighted by Crippen LogP contribution is -1.98. The maximum Gasteiger partial charge on any atom is 0.160 e. The third-order valence-corrected chi connectivity index (χ3v) is 11.9. The molecule has 0 fully saturated rings. The standard InChI is InChI=1S/C61H41N3/c1-5-18-42(19-6-1)50-33-51(43-20-7-2-8-21-43)36-54(35-50)59-40-60(64-61(63-59)48-29-17-28-47(32-48)58-39-46-26-13-14-27-49(46)41-62-58)55-37-52(44-22-9-3-10-23-44)34-53(38-55)57-31-16-15-30-56(57)45-24-11-4-12-25-45/h1-41H. The van der Waals surface area contributed by atoms with Crippen LogP contribution in [-0.2, 0) is 0 Å². The molecule has 0 aliphatic rings. The molecule has 3 heteroatoms. The summed E-state index contributed by atoms with van der Waals surface area (Å²) in [6, 6.07) is 85.8. The normalized spacial score (nSPS) is 11.1. The van der Waals surface area contributed by atoms with E-state index in [4.69, 9.17) is 15.0 Å². The van der Waals surface area contributed by atoms with Crippen LogP contribution in [0.3, 0.4) is 0 Å². The van der Waals surface area contributed by atoms with Gasteiger partial charge >= 0.3 is 0 Å². The fourth-order valence-corrected chi connectivity index (χ4v) is 8.63. The van der Waals surface area contributed by atoms with Gasteiger partial charge in [-0.1, -0.05) is 188 Å². The van der Waals surface area contributed by atoms with Crippen molar-refractivity contribution in [1.82, 2.24) is 15.0 Å². The van der Waals surface area contributed by atoms with E-state index in [0.717, 1.165) is 94.6 Å². The van der Waals surface area contributed by atoms with Crippen molar-refractivity contribution in [3.05, 3.63) is 249 Å². The van der Waals surface area contributed by atoms with Gasteiger partial charge in [-0.3, -0.25) is 4.98 Å². The molecule has 3 nitrogen and oxygen atoms in total. The van der Waals surface area contributed by atoms with Crippen molar-refractivity contribution < 1.29 is 0 Å². The number of hydrogen-bond donors (Lipinski definition) is 0. The minimum absolute atomic E-state index is 0.637. The molecule has 0 N–H and O–H groups in total. The zero-order chi connectivity index (χ0) is 42.7.